The molecule has 1 aliphatic rings. The van der Waals surface area contributed by atoms with Gasteiger partial charge >= 0.3 is 0 Å². The molecule has 1 heterocycles. The quantitative estimate of drug-likeness (QED) is 0.728. The SMILES string of the molecule is CN(C)S(=O)(=O)c1cc(O)c(O)c2c1CCN(Cc1ccc(F)c(Cl)c1)C2=O. The molecule has 3 rings (SSSR count). The lowest BCUT2D eigenvalue weighted by atomic mass is 9.97. The number of sulfonamides is 1. The molecular weight excluding hydrogens is 411 g/mol. The van der Waals surface area contributed by atoms with Crippen molar-refractivity contribution in [3.8, 4) is 11.5 Å². The van der Waals surface area contributed by atoms with Crippen molar-refractivity contribution in [1.29, 1.82) is 0 Å². The van der Waals surface area contributed by atoms with Crippen molar-refractivity contribution in [1.82, 2.24) is 9.21 Å². The van der Waals surface area contributed by atoms with Crippen molar-refractivity contribution >= 4 is 27.5 Å². The standard InChI is InChI=1S/C18H18ClFN2O5S/c1-21(2)28(26,27)15-8-14(23)17(24)16-11(15)5-6-22(18(16)25)9-10-3-4-13(20)12(19)7-10/h3-4,7-8,23-24H,5-6,9H2,1-2H3. The summed E-state index contributed by atoms with van der Waals surface area (Å²) in [4.78, 5) is 14.1. The van der Waals surface area contributed by atoms with Crippen LogP contribution < -0.4 is 0 Å². The largest absolute Gasteiger partial charge is 0.504 e. The van der Waals surface area contributed by atoms with E-state index in [9.17, 15) is 27.8 Å². The first-order valence-electron chi connectivity index (χ1n) is 8.27. The first-order chi connectivity index (χ1) is 13.0. The van der Waals surface area contributed by atoms with Gasteiger partial charge in [0.2, 0.25) is 10.0 Å². The van der Waals surface area contributed by atoms with Gasteiger partial charge in [0.25, 0.3) is 5.91 Å². The number of aromatic hydroxyl groups is 2. The Bertz CT molecular complexity index is 1070. The molecule has 0 bridgehead atoms. The minimum atomic E-state index is -3.94. The molecule has 1 amide bonds. The molecule has 0 atom stereocenters. The second-order valence-corrected chi connectivity index (χ2v) is 9.14. The predicted molar refractivity (Wildman–Crippen MR) is 100 cm³/mol. The Morgan fingerprint density at radius 3 is 2.54 bits per heavy atom. The van der Waals surface area contributed by atoms with E-state index in [1.165, 1.54) is 37.2 Å². The van der Waals surface area contributed by atoms with Gasteiger partial charge in [-0.25, -0.2) is 17.1 Å². The van der Waals surface area contributed by atoms with Crippen molar-refractivity contribution in [2.24, 2.45) is 0 Å². The van der Waals surface area contributed by atoms with Crippen LogP contribution in [0.15, 0.2) is 29.2 Å². The third-order valence-electron chi connectivity index (χ3n) is 4.60. The number of nitrogens with zero attached hydrogens (tertiary/aromatic N) is 2. The summed E-state index contributed by atoms with van der Waals surface area (Å²) < 4.78 is 39.5. The molecule has 0 saturated heterocycles. The second kappa shape index (κ2) is 7.23. The lowest BCUT2D eigenvalue weighted by Gasteiger charge is -2.31. The highest BCUT2D eigenvalue weighted by atomic mass is 35.5. The summed E-state index contributed by atoms with van der Waals surface area (Å²) in [6.07, 6.45) is 0.159. The fraction of sp³-hybridized carbons (Fsp3) is 0.278. The van der Waals surface area contributed by atoms with Gasteiger partial charge in [0.15, 0.2) is 11.5 Å². The highest BCUT2D eigenvalue weighted by Crippen LogP contribution is 2.40. The number of carbonyl (C=O) groups is 1. The minimum absolute atomic E-state index is 0.0813. The Morgan fingerprint density at radius 1 is 1.25 bits per heavy atom. The monoisotopic (exact) mass is 428 g/mol. The summed E-state index contributed by atoms with van der Waals surface area (Å²) in [5.74, 6) is -2.58. The molecule has 0 aromatic heterocycles. The van der Waals surface area contributed by atoms with Crippen LogP contribution in [0.25, 0.3) is 0 Å². The van der Waals surface area contributed by atoms with Crippen LogP contribution in [-0.2, 0) is 23.0 Å². The van der Waals surface area contributed by atoms with E-state index in [2.05, 4.69) is 0 Å². The van der Waals surface area contributed by atoms with Crippen LogP contribution in [0.5, 0.6) is 11.5 Å². The third kappa shape index (κ3) is 3.41. The Balaban J connectivity index is 2.04. The zero-order valence-electron chi connectivity index (χ0n) is 15.1. The van der Waals surface area contributed by atoms with E-state index in [4.69, 9.17) is 11.6 Å². The van der Waals surface area contributed by atoms with Crippen LogP contribution in [0.3, 0.4) is 0 Å². The first kappa shape index (κ1) is 20.4. The lowest BCUT2D eigenvalue weighted by Crippen LogP contribution is -2.38. The van der Waals surface area contributed by atoms with E-state index in [1.807, 2.05) is 0 Å². The van der Waals surface area contributed by atoms with Gasteiger partial charge in [-0.3, -0.25) is 4.79 Å². The highest BCUT2D eigenvalue weighted by molar-refractivity contribution is 7.89. The molecule has 0 saturated carbocycles. The molecule has 0 spiro atoms. The number of rotatable bonds is 4. The van der Waals surface area contributed by atoms with E-state index >= 15 is 0 Å². The van der Waals surface area contributed by atoms with Crippen molar-refractivity contribution in [2.45, 2.75) is 17.9 Å². The van der Waals surface area contributed by atoms with Gasteiger partial charge < -0.3 is 15.1 Å². The van der Waals surface area contributed by atoms with Crippen molar-refractivity contribution in [2.75, 3.05) is 20.6 Å². The van der Waals surface area contributed by atoms with Crippen LogP contribution in [0.4, 0.5) is 4.39 Å². The topological polar surface area (TPSA) is 98.2 Å². The van der Waals surface area contributed by atoms with Gasteiger partial charge in [-0.05, 0) is 29.7 Å². The average Bonchev–Trinajstić information content (AvgIpc) is 2.62. The molecule has 0 fully saturated rings. The van der Waals surface area contributed by atoms with Gasteiger partial charge in [0.05, 0.1) is 15.5 Å². The molecule has 0 aliphatic carbocycles. The van der Waals surface area contributed by atoms with E-state index in [1.54, 1.807) is 0 Å². The van der Waals surface area contributed by atoms with Gasteiger partial charge in [-0.15, -0.1) is 0 Å². The number of carbonyl (C=O) groups excluding carboxylic acids is 1. The Hall–Kier alpha value is -2.36. The number of phenols is 2. The van der Waals surface area contributed by atoms with Crippen molar-refractivity contribution < 1.29 is 27.8 Å². The molecular formula is C18H18ClFN2O5S. The maximum absolute atomic E-state index is 13.3. The predicted octanol–water partition coefficient (Wildman–Crippen LogP) is 2.34. The van der Waals surface area contributed by atoms with Crippen LogP contribution in [0, 0.1) is 5.82 Å². The maximum atomic E-state index is 13.3. The smallest absolute Gasteiger partial charge is 0.258 e. The van der Waals surface area contributed by atoms with E-state index in [-0.39, 0.29) is 40.6 Å². The molecule has 7 nitrogen and oxygen atoms in total. The summed E-state index contributed by atoms with van der Waals surface area (Å²) in [5, 5.41) is 20.1. The molecule has 0 unspecified atom stereocenters. The van der Waals surface area contributed by atoms with Gasteiger partial charge in [0.1, 0.15) is 5.82 Å². The zero-order chi connectivity index (χ0) is 20.8. The van der Waals surface area contributed by atoms with E-state index in [0.717, 1.165) is 10.4 Å². The summed E-state index contributed by atoms with van der Waals surface area (Å²) in [7, 11) is -1.27. The zero-order valence-corrected chi connectivity index (χ0v) is 16.7. The summed E-state index contributed by atoms with van der Waals surface area (Å²) in [6.45, 7) is 0.268. The molecule has 2 N–H and O–H groups in total. The number of fused-ring (bicyclic) bond motifs is 1. The Morgan fingerprint density at radius 2 is 1.93 bits per heavy atom. The van der Waals surface area contributed by atoms with Gasteiger partial charge in [-0.2, -0.15) is 0 Å². The lowest BCUT2D eigenvalue weighted by molar-refractivity contribution is 0.0721. The first-order valence-corrected chi connectivity index (χ1v) is 10.1. The van der Waals surface area contributed by atoms with Crippen LogP contribution in [0.1, 0.15) is 21.5 Å². The molecule has 1 aliphatic heterocycles. The van der Waals surface area contributed by atoms with Crippen LogP contribution >= 0.6 is 11.6 Å². The number of hydrogen-bond acceptors (Lipinski definition) is 5. The Labute approximate surface area is 166 Å². The molecule has 2 aromatic rings. The molecule has 0 radical (unpaired) electrons. The van der Waals surface area contributed by atoms with Gasteiger partial charge in [-0.1, -0.05) is 17.7 Å². The van der Waals surface area contributed by atoms with Crippen molar-refractivity contribution in [3.63, 3.8) is 0 Å². The third-order valence-corrected chi connectivity index (χ3v) is 6.77. The normalized spacial score (nSPS) is 14.5. The molecule has 2 aromatic carbocycles. The number of hydrogen-bond donors (Lipinski definition) is 2. The van der Waals surface area contributed by atoms with E-state index in [0.29, 0.717) is 5.56 Å². The Kier molecular flexibility index (Phi) is 5.26. The number of benzene rings is 2. The molecule has 10 heteroatoms. The second-order valence-electron chi connectivity index (χ2n) is 6.61. The maximum Gasteiger partial charge on any atom is 0.258 e. The number of halogens is 2. The van der Waals surface area contributed by atoms with Crippen LogP contribution in [-0.4, -0.2) is 54.4 Å². The summed E-state index contributed by atoms with van der Waals surface area (Å²) in [5.41, 5.74) is 0.478. The molecule has 150 valence electrons. The fourth-order valence-electron chi connectivity index (χ4n) is 3.09. The van der Waals surface area contributed by atoms with Gasteiger partial charge in [0, 0.05) is 33.3 Å². The number of phenolic OH excluding ortho intramolecular Hbond substituents is 2. The average molecular weight is 429 g/mol. The van der Waals surface area contributed by atoms with E-state index < -0.39 is 33.2 Å². The van der Waals surface area contributed by atoms with Crippen molar-refractivity contribution in [3.05, 3.63) is 51.8 Å². The minimum Gasteiger partial charge on any atom is -0.504 e. The highest BCUT2D eigenvalue weighted by Gasteiger charge is 2.35. The fourth-order valence-corrected chi connectivity index (χ4v) is 4.47. The van der Waals surface area contributed by atoms with Crippen LogP contribution in [0.2, 0.25) is 5.02 Å². The number of amides is 1. The summed E-state index contributed by atoms with van der Waals surface area (Å²) >= 11 is 5.77. The molecule has 28 heavy (non-hydrogen) atoms. The summed E-state index contributed by atoms with van der Waals surface area (Å²) in [6, 6.07) is 5.01.